The molecule has 1 aromatic heterocycles. The van der Waals surface area contributed by atoms with E-state index in [1.807, 2.05) is 54.6 Å². The van der Waals surface area contributed by atoms with E-state index < -0.39 is 0 Å². The molecule has 0 saturated carbocycles. The number of para-hydroxylation sites is 2. The van der Waals surface area contributed by atoms with Gasteiger partial charge in [0.1, 0.15) is 11.2 Å². The van der Waals surface area contributed by atoms with Gasteiger partial charge in [-0.2, -0.15) is 0 Å². The van der Waals surface area contributed by atoms with E-state index in [1.165, 1.54) is 11.1 Å². The SMILES string of the molecule is CC(=O)c1cc(-c2ccc(-c3ccccc3)cc2)cc(-c2cccc3c2oc2ccccc23)c1. The lowest BCUT2D eigenvalue weighted by Crippen LogP contribution is -1.94. The van der Waals surface area contributed by atoms with Crippen LogP contribution in [0.1, 0.15) is 17.3 Å². The molecule has 162 valence electrons. The van der Waals surface area contributed by atoms with Crippen molar-refractivity contribution in [3.63, 3.8) is 0 Å². The number of rotatable bonds is 4. The standard InChI is InChI=1S/C32H22O2/c1-21(33)25-18-26(24-16-14-23(15-17-24)22-8-3-2-4-9-22)20-27(19-25)28-11-7-12-30-29-10-5-6-13-31(29)34-32(28)30/h2-20H,1H3. The number of hydrogen-bond acceptors (Lipinski definition) is 2. The lowest BCUT2D eigenvalue weighted by atomic mass is 9.93. The summed E-state index contributed by atoms with van der Waals surface area (Å²) in [6, 6.07) is 39.2. The van der Waals surface area contributed by atoms with Crippen LogP contribution in [0.3, 0.4) is 0 Å². The minimum atomic E-state index is 0.0424. The quantitative estimate of drug-likeness (QED) is 0.257. The Morgan fingerprint density at radius 3 is 1.94 bits per heavy atom. The first kappa shape index (κ1) is 20.2. The van der Waals surface area contributed by atoms with E-state index in [9.17, 15) is 4.79 Å². The molecule has 0 bridgehead atoms. The van der Waals surface area contributed by atoms with Crippen LogP contribution < -0.4 is 0 Å². The predicted octanol–water partition coefficient (Wildman–Crippen LogP) is 8.79. The third-order valence-corrected chi connectivity index (χ3v) is 6.38. The third-order valence-electron chi connectivity index (χ3n) is 6.38. The fourth-order valence-corrected chi connectivity index (χ4v) is 4.61. The molecular weight excluding hydrogens is 416 g/mol. The second-order valence-corrected chi connectivity index (χ2v) is 8.58. The number of Topliss-reactive ketones (excluding diaryl/α,β-unsaturated/α-hetero) is 1. The number of ketones is 1. The summed E-state index contributed by atoms with van der Waals surface area (Å²) in [5, 5.41) is 2.17. The normalized spacial score (nSPS) is 11.2. The number of fused-ring (bicyclic) bond motifs is 3. The number of carbonyl (C=O) groups is 1. The molecule has 1 heterocycles. The van der Waals surface area contributed by atoms with Gasteiger partial charge in [0.2, 0.25) is 0 Å². The van der Waals surface area contributed by atoms with Crippen molar-refractivity contribution in [2.45, 2.75) is 6.92 Å². The van der Waals surface area contributed by atoms with Crippen LogP contribution >= 0.6 is 0 Å². The summed E-state index contributed by atoms with van der Waals surface area (Å²) >= 11 is 0. The number of carbonyl (C=O) groups excluding carboxylic acids is 1. The molecule has 6 rings (SSSR count). The smallest absolute Gasteiger partial charge is 0.159 e. The lowest BCUT2D eigenvalue weighted by molar-refractivity contribution is 0.101. The lowest BCUT2D eigenvalue weighted by Gasteiger charge is -2.11. The van der Waals surface area contributed by atoms with Crippen LogP contribution in [0.25, 0.3) is 55.3 Å². The molecule has 34 heavy (non-hydrogen) atoms. The second-order valence-electron chi connectivity index (χ2n) is 8.58. The molecular formula is C32H22O2. The Morgan fingerprint density at radius 1 is 0.559 bits per heavy atom. The van der Waals surface area contributed by atoms with E-state index in [4.69, 9.17) is 4.42 Å². The van der Waals surface area contributed by atoms with Crippen molar-refractivity contribution in [3.8, 4) is 33.4 Å². The number of benzene rings is 5. The molecule has 0 amide bonds. The maximum Gasteiger partial charge on any atom is 0.159 e. The van der Waals surface area contributed by atoms with Gasteiger partial charge < -0.3 is 4.42 Å². The monoisotopic (exact) mass is 438 g/mol. The highest BCUT2D eigenvalue weighted by Crippen LogP contribution is 2.37. The molecule has 0 radical (unpaired) electrons. The molecule has 0 atom stereocenters. The Bertz CT molecular complexity index is 1660. The largest absolute Gasteiger partial charge is 0.455 e. The zero-order chi connectivity index (χ0) is 23.1. The zero-order valence-electron chi connectivity index (χ0n) is 18.8. The maximum atomic E-state index is 12.4. The predicted molar refractivity (Wildman–Crippen MR) is 140 cm³/mol. The van der Waals surface area contributed by atoms with E-state index in [2.05, 4.69) is 60.7 Å². The topological polar surface area (TPSA) is 30.2 Å². The van der Waals surface area contributed by atoms with Gasteiger partial charge >= 0.3 is 0 Å². The first-order valence-electron chi connectivity index (χ1n) is 11.4. The summed E-state index contributed by atoms with van der Waals surface area (Å²) in [5.74, 6) is 0.0424. The van der Waals surface area contributed by atoms with Crippen molar-refractivity contribution >= 4 is 27.7 Å². The summed E-state index contributed by atoms with van der Waals surface area (Å²) in [6.45, 7) is 1.61. The first-order valence-corrected chi connectivity index (χ1v) is 11.4. The molecule has 2 heteroatoms. The molecule has 6 aromatic rings. The fraction of sp³-hybridized carbons (Fsp3) is 0.0312. The van der Waals surface area contributed by atoms with Crippen LogP contribution in [0.4, 0.5) is 0 Å². The molecule has 0 saturated heterocycles. The minimum Gasteiger partial charge on any atom is -0.455 e. The van der Waals surface area contributed by atoms with E-state index in [0.29, 0.717) is 5.56 Å². The summed E-state index contributed by atoms with van der Waals surface area (Å²) in [5.41, 5.74) is 8.78. The van der Waals surface area contributed by atoms with Crippen molar-refractivity contribution in [1.29, 1.82) is 0 Å². The van der Waals surface area contributed by atoms with Crippen LogP contribution in [0, 0.1) is 0 Å². The van der Waals surface area contributed by atoms with Crippen molar-refractivity contribution in [2.24, 2.45) is 0 Å². The zero-order valence-corrected chi connectivity index (χ0v) is 18.8. The molecule has 0 unspecified atom stereocenters. The summed E-state index contributed by atoms with van der Waals surface area (Å²) in [7, 11) is 0. The minimum absolute atomic E-state index is 0.0424. The third kappa shape index (κ3) is 3.50. The van der Waals surface area contributed by atoms with Crippen molar-refractivity contribution in [3.05, 3.63) is 121 Å². The Morgan fingerprint density at radius 2 is 1.18 bits per heavy atom. The number of furan rings is 1. The summed E-state index contributed by atoms with van der Waals surface area (Å²) in [4.78, 5) is 12.4. The van der Waals surface area contributed by atoms with Crippen LogP contribution in [0.5, 0.6) is 0 Å². The van der Waals surface area contributed by atoms with E-state index in [1.54, 1.807) is 6.92 Å². The van der Waals surface area contributed by atoms with Gasteiger partial charge in [0.05, 0.1) is 0 Å². The summed E-state index contributed by atoms with van der Waals surface area (Å²) < 4.78 is 6.26. The van der Waals surface area contributed by atoms with Gasteiger partial charge in [-0.1, -0.05) is 91.0 Å². The van der Waals surface area contributed by atoms with E-state index in [0.717, 1.165) is 44.2 Å². The second kappa shape index (κ2) is 8.17. The van der Waals surface area contributed by atoms with Crippen LogP contribution in [0.2, 0.25) is 0 Å². The molecule has 0 spiro atoms. The highest BCUT2D eigenvalue weighted by atomic mass is 16.3. The van der Waals surface area contributed by atoms with Gasteiger partial charge in [-0.05, 0) is 59.0 Å². The molecule has 5 aromatic carbocycles. The Balaban J connectivity index is 1.50. The highest BCUT2D eigenvalue weighted by Gasteiger charge is 2.14. The Labute approximate surface area is 198 Å². The first-order chi connectivity index (χ1) is 16.7. The molecule has 0 N–H and O–H groups in total. The molecule has 0 fully saturated rings. The fourth-order valence-electron chi connectivity index (χ4n) is 4.61. The maximum absolute atomic E-state index is 12.4. The Hall–Kier alpha value is -4.43. The van der Waals surface area contributed by atoms with Crippen molar-refractivity contribution < 1.29 is 9.21 Å². The van der Waals surface area contributed by atoms with Crippen LogP contribution in [0.15, 0.2) is 120 Å². The molecule has 0 aliphatic rings. The highest BCUT2D eigenvalue weighted by molar-refractivity contribution is 6.10. The molecule has 2 nitrogen and oxygen atoms in total. The van der Waals surface area contributed by atoms with Crippen molar-refractivity contribution in [1.82, 2.24) is 0 Å². The Kier molecular flexibility index (Phi) is 4.85. The average molecular weight is 439 g/mol. The van der Waals surface area contributed by atoms with Gasteiger partial charge in [0, 0.05) is 21.9 Å². The van der Waals surface area contributed by atoms with Gasteiger partial charge in [-0.25, -0.2) is 0 Å². The number of hydrogen-bond donors (Lipinski definition) is 0. The van der Waals surface area contributed by atoms with E-state index >= 15 is 0 Å². The van der Waals surface area contributed by atoms with Crippen LogP contribution in [-0.2, 0) is 0 Å². The van der Waals surface area contributed by atoms with E-state index in [-0.39, 0.29) is 5.78 Å². The van der Waals surface area contributed by atoms with Crippen molar-refractivity contribution in [2.75, 3.05) is 0 Å². The van der Waals surface area contributed by atoms with Gasteiger partial charge in [0.25, 0.3) is 0 Å². The van der Waals surface area contributed by atoms with Gasteiger partial charge in [-0.15, -0.1) is 0 Å². The summed E-state index contributed by atoms with van der Waals surface area (Å²) in [6.07, 6.45) is 0. The van der Waals surface area contributed by atoms with Gasteiger partial charge in [0.15, 0.2) is 5.78 Å². The van der Waals surface area contributed by atoms with Gasteiger partial charge in [-0.3, -0.25) is 4.79 Å². The molecule has 0 aliphatic carbocycles. The molecule has 0 aliphatic heterocycles. The average Bonchev–Trinajstić information content (AvgIpc) is 3.28. The van der Waals surface area contributed by atoms with Crippen LogP contribution in [-0.4, -0.2) is 5.78 Å².